The predicted octanol–water partition coefficient (Wildman–Crippen LogP) is 1.52. The van der Waals surface area contributed by atoms with Crippen molar-refractivity contribution in [2.45, 2.75) is 131 Å². The molecule has 0 aliphatic carbocycles. The molecule has 1 unspecified atom stereocenters. The topological polar surface area (TPSA) is 207 Å². The van der Waals surface area contributed by atoms with Crippen molar-refractivity contribution in [2.75, 3.05) is 84.3 Å². The first-order chi connectivity index (χ1) is 25.5. The first-order valence-corrected chi connectivity index (χ1v) is 21.1. The molecule has 17 nitrogen and oxygen atoms in total. The summed E-state index contributed by atoms with van der Waals surface area (Å²) in [6.07, 6.45) is -0.199. The van der Waals surface area contributed by atoms with E-state index in [1.165, 1.54) is 0 Å². The Morgan fingerprint density at radius 2 is 0.929 bits per heavy atom. The van der Waals surface area contributed by atoms with Crippen LogP contribution >= 0.6 is 0 Å². The highest BCUT2D eigenvalue weighted by Gasteiger charge is 2.33. The molecule has 56 heavy (non-hydrogen) atoms. The lowest BCUT2D eigenvalue weighted by Crippen LogP contribution is -2.53. The lowest BCUT2D eigenvalue weighted by atomic mass is 10.1. The van der Waals surface area contributed by atoms with E-state index in [0.717, 1.165) is 0 Å². The van der Waals surface area contributed by atoms with Crippen molar-refractivity contribution in [1.29, 1.82) is 0 Å². The molecule has 326 valence electrons. The molecule has 18 heteroatoms. The number of rotatable bonds is 15. The fraction of sp³-hybridized carbons (Fsp3) is 0.868. The van der Waals surface area contributed by atoms with Crippen LogP contribution in [-0.4, -0.2) is 171 Å². The minimum Gasteiger partial charge on any atom is -0.459 e. The van der Waals surface area contributed by atoms with E-state index >= 15 is 0 Å². The molecule has 0 spiro atoms. The molecule has 1 heterocycles. The van der Waals surface area contributed by atoms with Gasteiger partial charge in [-0.25, -0.2) is 8.42 Å². The Bertz CT molecular complexity index is 1350. The van der Waals surface area contributed by atoms with E-state index in [0.29, 0.717) is 26.2 Å². The number of nitrogens with zero attached hydrogens (tertiary/aromatic N) is 4. The Morgan fingerprint density at radius 3 is 1.25 bits per heavy atom. The van der Waals surface area contributed by atoms with Gasteiger partial charge in [0.1, 0.15) is 28.4 Å². The molecule has 1 rings (SSSR count). The number of nitrogens with one attached hydrogen (secondary N) is 1. The van der Waals surface area contributed by atoms with Crippen molar-refractivity contribution >= 4 is 39.8 Å². The standard InChI is InChI=1S/C38H72N6O11S/c1-35(2,3)52-31(46)26-41-17-19-42(27-32(47)53-36(4,5)6)21-23-44(24-22-43(20-18-41)28-33(48)54-37(7,8)9)29(34(49)55-38(10,11)12)14-15-30(45)40-56(50,51)25-13-16-39/h29H,13-28,39H2,1-12H3,(H,40,45). The van der Waals surface area contributed by atoms with Gasteiger partial charge in [0.05, 0.1) is 25.4 Å². The first-order valence-electron chi connectivity index (χ1n) is 19.5. The van der Waals surface area contributed by atoms with Gasteiger partial charge in [-0.2, -0.15) is 0 Å². The Kier molecular flexibility index (Phi) is 20.4. The molecular weight excluding hydrogens is 749 g/mol. The van der Waals surface area contributed by atoms with Gasteiger partial charge in [0.25, 0.3) is 0 Å². The Labute approximate surface area is 335 Å². The Hall–Kier alpha value is -2.90. The van der Waals surface area contributed by atoms with Crippen molar-refractivity contribution in [3.05, 3.63) is 0 Å². The average molecular weight is 821 g/mol. The van der Waals surface area contributed by atoms with Crippen molar-refractivity contribution < 1.29 is 51.3 Å². The van der Waals surface area contributed by atoms with E-state index in [1.807, 2.05) is 19.6 Å². The van der Waals surface area contributed by atoms with Crippen molar-refractivity contribution in [3.8, 4) is 0 Å². The molecule has 1 atom stereocenters. The van der Waals surface area contributed by atoms with Gasteiger partial charge in [0.2, 0.25) is 15.9 Å². The third-order valence-electron chi connectivity index (χ3n) is 7.84. The van der Waals surface area contributed by atoms with Gasteiger partial charge in [-0.05, 0) is 102 Å². The van der Waals surface area contributed by atoms with Crippen LogP contribution in [0, 0.1) is 0 Å². The zero-order chi connectivity index (χ0) is 43.1. The summed E-state index contributed by atoms with van der Waals surface area (Å²) in [7, 11) is -3.92. The quantitative estimate of drug-likeness (QED) is 0.177. The summed E-state index contributed by atoms with van der Waals surface area (Å²) in [6.45, 7) is 23.6. The summed E-state index contributed by atoms with van der Waals surface area (Å²) in [5.41, 5.74) is 2.43. The minimum absolute atomic E-state index is 0.0192. The number of carbonyl (C=O) groups is 5. The molecule has 0 bridgehead atoms. The smallest absolute Gasteiger partial charge is 0.323 e. The van der Waals surface area contributed by atoms with E-state index in [1.54, 1.807) is 83.1 Å². The predicted molar refractivity (Wildman–Crippen MR) is 213 cm³/mol. The Morgan fingerprint density at radius 1 is 0.589 bits per heavy atom. The number of sulfonamides is 1. The van der Waals surface area contributed by atoms with Crippen LogP contribution in [0.5, 0.6) is 0 Å². The largest absolute Gasteiger partial charge is 0.459 e. The highest BCUT2D eigenvalue weighted by atomic mass is 32.2. The summed E-state index contributed by atoms with van der Waals surface area (Å²) < 4.78 is 49.7. The monoisotopic (exact) mass is 820 g/mol. The van der Waals surface area contributed by atoms with E-state index in [2.05, 4.69) is 4.72 Å². The molecule has 1 amide bonds. The minimum atomic E-state index is -3.92. The molecule has 0 saturated carbocycles. The number of esters is 4. The average Bonchev–Trinajstić information content (AvgIpc) is 2.97. The molecule has 0 radical (unpaired) electrons. The van der Waals surface area contributed by atoms with E-state index in [4.69, 9.17) is 24.7 Å². The zero-order valence-corrected chi connectivity index (χ0v) is 37.0. The second-order valence-electron chi connectivity index (χ2n) is 18.2. The summed E-state index contributed by atoms with van der Waals surface area (Å²) >= 11 is 0. The normalized spacial score (nSPS) is 17.5. The van der Waals surface area contributed by atoms with E-state index in [-0.39, 0.29) is 77.4 Å². The van der Waals surface area contributed by atoms with E-state index < -0.39 is 68.3 Å². The van der Waals surface area contributed by atoms with Crippen LogP contribution in [0.3, 0.4) is 0 Å². The van der Waals surface area contributed by atoms with Crippen LogP contribution < -0.4 is 10.5 Å². The van der Waals surface area contributed by atoms with Crippen LogP contribution in [0.15, 0.2) is 0 Å². The first kappa shape index (κ1) is 51.1. The zero-order valence-electron chi connectivity index (χ0n) is 36.2. The van der Waals surface area contributed by atoms with Gasteiger partial charge in [0, 0.05) is 58.8 Å². The van der Waals surface area contributed by atoms with Gasteiger partial charge in [0.15, 0.2) is 0 Å². The summed E-state index contributed by atoms with van der Waals surface area (Å²) in [5, 5.41) is 0. The lowest BCUT2D eigenvalue weighted by Gasteiger charge is -2.37. The fourth-order valence-corrected chi connectivity index (χ4v) is 6.74. The van der Waals surface area contributed by atoms with Gasteiger partial charge in [-0.15, -0.1) is 0 Å². The maximum Gasteiger partial charge on any atom is 0.323 e. The number of carbonyl (C=O) groups excluding carboxylic acids is 5. The number of nitrogens with two attached hydrogens (primary N) is 1. The number of hydrogen-bond acceptors (Lipinski definition) is 16. The lowest BCUT2D eigenvalue weighted by molar-refractivity contribution is -0.163. The van der Waals surface area contributed by atoms with Crippen molar-refractivity contribution in [1.82, 2.24) is 24.3 Å². The Balaban J connectivity index is 3.60. The molecule has 0 aromatic rings. The van der Waals surface area contributed by atoms with Crippen LogP contribution in [-0.2, 0) is 52.9 Å². The third-order valence-corrected chi connectivity index (χ3v) is 9.21. The number of hydrogen-bond donors (Lipinski definition) is 2. The van der Waals surface area contributed by atoms with Gasteiger partial charge in [-0.1, -0.05) is 0 Å². The molecule has 3 N–H and O–H groups in total. The van der Waals surface area contributed by atoms with Gasteiger partial charge in [-0.3, -0.25) is 48.3 Å². The third kappa shape index (κ3) is 24.7. The highest BCUT2D eigenvalue weighted by Crippen LogP contribution is 2.18. The molecule has 0 aromatic carbocycles. The maximum absolute atomic E-state index is 13.9. The van der Waals surface area contributed by atoms with Crippen LogP contribution in [0.1, 0.15) is 102 Å². The second-order valence-corrected chi connectivity index (χ2v) is 20.0. The molecule has 1 aliphatic heterocycles. The second kappa shape index (κ2) is 22.3. The van der Waals surface area contributed by atoms with Crippen molar-refractivity contribution in [2.24, 2.45) is 5.73 Å². The van der Waals surface area contributed by atoms with E-state index in [9.17, 15) is 32.4 Å². The summed E-state index contributed by atoms with van der Waals surface area (Å²) in [6, 6.07) is -0.995. The van der Waals surface area contributed by atoms with Crippen LogP contribution in [0.2, 0.25) is 0 Å². The molecule has 1 saturated heterocycles. The summed E-state index contributed by atoms with van der Waals surface area (Å²) in [4.78, 5) is 73.6. The van der Waals surface area contributed by atoms with Crippen molar-refractivity contribution in [3.63, 3.8) is 0 Å². The van der Waals surface area contributed by atoms with Gasteiger partial charge >= 0.3 is 23.9 Å². The highest BCUT2D eigenvalue weighted by molar-refractivity contribution is 7.90. The van der Waals surface area contributed by atoms with Gasteiger partial charge < -0.3 is 24.7 Å². The SMILES string of the molecule is CC(C)(C)OC(=O)CN1CCN(CC(=O)OC(C)(C)C)CCN(C(CCC(=O)NS(=O)(=O)CCCN)C(=O)OC(C)(C)C)CCN(CC(=O)OC(C)(C)C)CC1. The maximum atomic E-state index is 13.9. The fourth-order valence-electron chi connectivity index (χ4n) is 5.64. The van der Waals surface area contributed by atoms with Crippen LogP contribution in [0.25, 0.3) is 0 Å². The molecule has 0 aromatic heterocycles. The molecular formula is C38H72N6O11S. The number of ether oxygens (including phenoxy) is 4. The molecule has 1 aliphatic rings. The molecule has 1 fully saturated rings. The van der Waals surface area contributed by atoms with Crippen LogP contribution in [0.4, 0.5) is 0 Å². The summed E-state index contributed by atoms with van der Waals surface area (Å²) in [5.74, 6) is -3.00. The number of amides is 1.